The van der Waals surface area contributed by atoms with E-state index in [1.54, 1.807) is 0 Å². The van der Waals surface area contributed by atoms with E-state index < -0.39 is 0 Å². The van der Waals surface area contributed by atoms with Gasteiger partial charge in [0.1, 0.15) is 6.79 Å². The maximum Gasteiger partial charge on any atom is 0.106 e. The number of hydrogen-bond donors (Lipinski definition) is 1. The van der Waals surface area contributed by atoms with E-state index >= 15 is 0 Å². The molecule has 0 radical (unpaired) electrons. The van der Waals surface area contributed by atoms with Crippen LogP contribution in [0.3, 0.4) is 0 Å². The van der Waals surface area contributed by atoms with E-state index in [9.17, 15) is 0 Å². The Labute approximate surface area is 79.5 Å². The van der Waals surface area contributed by atoms with Crippen LogP contribution in [-0.4, -0.2) is 43.4 Å². The molecule has 1 N–H and O–H groups in total. The maximum absolute atomic E-state index is 8.00. The van der Waals surface area contributed by atoms with Crippen molar-refractivity contribution in [3.05, 3.63) is 0 Å². The minimum atomic E-state index is 0.854. The molecule has 1 aliphatic carbocycles. The van der Waals surface area contributed by atoms with E-state index in [0.29, 0.717) is 0 Å². The summed E-state index contributed by atoms with van der Waals surface area (Å²) in [6.07, 6.45) is 4.44. The molecule has 2 unspecified atom stereocenters. The van der Waals surface area contributed by atoms with Crippen molar-refractivity contribution < 1.29 is 4.79 Å². The molecule has 3 heteroatoms. The minimum absolute atomic E-state index is 0.854. The van der Waals surface area contributed by atoms with Crippen LogP contribution in [0.1, 0.15) is 19.3 Å². The van der Waals surface area contributed by atoms with Crippen LogP contribution in [0.5, 0.6) is 0 Å². The average molecular weight is 182 g/mol. The number of rotatable bonds is 2. The predicted molar refractivity (Wildman–Crippen MR) is 51.6 cm³/mol. The van der Waals surface area contributed by atoms with Crippen molar-refractivity contribution in [2.45, 2.75) is 31.3 Å². The van der Waals surface area contributed by atoms with Gasteiger partial charge in [-0.05, 0) is 25.2 Å². The van der Waals surface area contributed by atoms with E-state index in [1.807, 2.05) is 6.79 Å². The second-order valence-electron chi connectivity index (χ2n) is 4.46. The third-order valence-corrected chi connectivity index (χ3v) is 3.21. The van der Waals surface area contributed by atoms with Crippen LogP contribution in [0, 0.1) is 5.92 Å². The quantitative estimate of drug-likeness (QED) is 0.665. The molecule has 0 amide bonds. The SMILES string of the molecule is C1CC1CN1CC2CC(C1)N2.C=O. The Morgan fingerprint density at radius 2 is 1.77 bits per heavy atom. The first-order chi connectivity index (χ1) is 6.40. The van der Waals surface area contributed by atoms with Crippen molar-refractivity contribution in [3.8, 4) is 0 Å². The summed E-state index contributed by atoms with van der Waals surface area (Å²) in [6.45, 7) is 6.05. The lowest BCUT2D eigenvalue weighted by atomic mass is 9.91. The summed E-state index contributed by atoms with van der Waals surface area (Å²) < 4.78 is 0. The summed E-state index contributed by atoms with van der Waals surface area (Å²) in [6, 6.07) is 1.71. The van der Waals surface area contributed by atoms with Gasteiger partial charge >= 0.3 is 0 Å². The predicted octanol–water partition coefficient (Wildman–Crippen LogP) is 0.258. The number of carbonyl (C=O) groups excluding carboxylic acids is 1. The van der Waals surface area contributed by atoms with Gasteiger partial charge in [-0.1, -0.05) is 0 Å². The molecular weight excluding hydrogens is 164 g/mol. The number of nitrogens with zero attached hydrogens (tertiary/aromatic N) is 1. The Hall–Kier alpha value is -0.410. The van der Waals surface area contributed by atoms with Gasteiger partial charge in [-0.2, -0.15) is 0 Å². The molecule has 2 atom stereocenters. The van der Waals surface area contributed by atoms with Crippen LogP contribution in [0.15, 0.2) is 0 Å². The number of carbonyl (C=O) groups is 1. The molecule has 1 saturated carbocycles. The fraction of sp³-hybridized carbons (Fsp3) is 0.900. The van der Waals surface area contributed by atoms with Crippen molar-refractivity contribution in [1.82, 2.24) is 10.2 Å². The van der Waals surface area contributed by atoms with Gasteiger partial charge in [-0.25, -0.2) is 0 Å². The monoisotopic (exact) mass is 182 g/mol. The molecule has 3 aliphatic heterocycles. The number of piperidine rings is 1. The highest BCUT2D eigenvalue weighted by molar-refractivity contribution is 5.11. The smallest absolute Gasteiger partial charge is 0.106 e. The highest BCUT2D eigenvalue weighted by Crippen LogP contribution is 2.31. The molecule has 4 rings (SSSR count). The largest absolute Gasteiger partial charge is 0.309 e. The molecule has 0 aromatic carbocycles. The van der Waals surface area contributed by atoms with Crippen molar-refractivity contribution in [1.29, 1.82) is 0 Å². The molecular formula is C10H18N2O. The van der Waals surface area contributed by atoms with Crippen LogP contribution in [0.4, 0.5) is 0 Å². The summed E-state index contributed by atoms with van der Waals surface area (Å²) in [7, 11) is 0. The molecule has 3 heterocycles. The first kappa shape index (κ1) is 9.16. The van der Waals surface area contributed by atoms with E-state index in [0.717, 1.165) is 18.0 Å². The van der Waals surface area contributed by atoms with Crippen LogP contribution >= 0.6 is 0 Å². The molecule has 13 heavy (non-hydrogen) atoms. The van der Waals surface area contributed by atoms with Crippen molar-refractivity contribution in [2.24, 2.45) is 5.92 Å². The maximum atomic E-state index is 8.00. The van der Waals surface area contributed by atoms with Crippen molar-refractivity contribution >= 4 is 6.79 Å². The Balaban J connectivity index is 0.000000308. The molecule has 4 aliphatic rings. The van der Waals surface area contributed by atoms with E-state index in [1.165, 1.54) is 38.9 Å². The third kappa shape index (κ3) is 2.09. The first-order valence-corrected chi connectivity index (χ1v) is 5.17. The van der Waals surface area contributed by atoms with Crippen LogP contribution in [0.2, 0.25) is 0 Å². The Morgan fingerprint density at radius 1 is 1.23 bits per heavy atom. The zero-order chi connectivity index (χ0) is 9.26. The molecule has 0 aromatic heterocycles. The van der Waals surface area contributed by atoms with E-state index in [4.69, 9.17) is 4.79 Å². The number of nitrogens with one attached hydrogen (secondary N) is 1. The summed E-state index contributed by atoms with van der Waals surface area (Å²) in [5, 5.41) is 3.56. The molecule has 0 aromatic rings. The second kappa shape index (κ2) is 3.76. The fourth-order valence-corrected chi connectivity index (χ4v) is 2.42. The molecule has 3 nitrogen and oxygen atoms in total. The van der Waals surface area contributed by atoms with Crippen molar-refractivity contribution in [3.63, 3.8) is 0 Å². The van der Waals surface area contributed by atoms with Gasteiger partial charge in [0.25, 0.3) is 0 Å². The highest BCUT2D eigenvalue weighted by Gasteiger charge is 2.37. The lowest BCUT2D eigenvalue weighted by molar-refractivity contribution is -0.0979. The van der Waals surface area contributed by atoms with Gasteiger partial charge in [-0.3, -0.25) is 4.90 Å². The summed E-state index contributed by atoms with van der Waals surface area (Å²) >= 11 is 0. The van der Waals surface area contributed by atoms with Gasteiger partial charge < -0.3 is 10.1 Å². The zero-order valence-electron chi connectivity index (χ0n) is 8.04. The number of hydrogen-bond acceptors (Lipinski definition) is 3. The second-order valence-corrected chi connectivity index (χ2v) is 4.46. The summed E-state index contributed by atoms with van der Waals surface area (Å²) in [4.78, 5) is 10.7. The molecule has 2 bridgehead atoms. The highest BCUT2D eigenvalue weighted by atomic mass is 16.1. The molecule has 4 fully saturated rings. The first-order valence-electron chi connectivity index (χ1n) is 5.17. The third-order valence-electron chi connectivity index (χ3n) is 3.21. The van der Waals surface area contributed by atoms with Crippen LogP contribution in [-0.2, 0) is 4.79 Å². The molecule has 3 saturated heterocycles. The van der Waals surface area contributed by atoms with Gasteiger partial charge in [0.05, 0.1) is 0 Å². The van der Waals surface area contributed by atoms with Gasteiger partial charge in [0.2, 0.25) is 0 Å². The van der Waals surface area contributed by atoms with Gasteiger partial charge in [0.15, 0.2) is 0 Å². The number of piperazine rings is 1. The Bertz CT molecular complexity index is 163. The lowest BCUT2D eigenvalue weighted by Gasteiger charge is -2.48. The Kier molecular flexibility index (Phi) is 2.65. The van der Waals surface area contributed by atoms with Crippen molar-refractivity contribution in [2.75, 3.05) is 19.6 Å². The van der Waals surface area contributed by atoms with Crippen LogP contribution < -0.4 is 5.32 Å². The van der Waals surface area contributed by atoms with Gasteiger partial charge in [0, 0.05) is 31.7 Å². The number of fused-ring (bicyclic) bond motifs is 2. The average Bonchev–Trinajstić information content (AvgIpc) is 2.91. The van der Waals surface area contributed by atoms with E-state index in [2.05, 4.69) is 10.2 Å². The fourth-order valence-electron chi connectivity index (χ4n) is 2.42. The minimum Gasteiger partial charge on any atom is -0.309 e. The summed E-state index contributed by atoms with van der Waals surface area (Å²) in [5.41, 5.74) is 0. The van der Waals surface area contributed by atoms with Crippen LogP contribution in [0.25, 0.3) is 0 Å². The summed E-state index contributed by atoms with van der Waals surface area (Å²) in [5.74, 6) is 1.08. The zero-order valence-corrected chi connectivity index (χ0v) is 8.04. The molecule has 74 valence electrons. The topological polar surface area (TPSA) is 32.3 Å². The Morgan fingerprint density at radius 3 is 2.23 bits per heavy atom. The normalized spacial score (nSPS) is 37.2. The lowest BCUT2D eigenvalue weighted by Crippen LogP contribution is -2.66. The standard InChI is InChI=1S/C9H16N2.CH2O/c1-2-7(1)4-11-5-8-3-9(6-11)10-8;1-2/h7-10H,1-6H2;1H2. The molecule has 0 spiro atoms. The van der Waals surface area contributed by atoms with E-state index in [-0.39, 0.29) is 0 Å². The van der Waals surface area contributed by atoms with Gasteiger partial charge in [-0.15, -0.1) is 0 Å².